The van der Waals surface area contributed by atoms with Crippen LogP contribution in [0.4, 0.5) is 0 Å². The molecule has 108 valence electrons. The Hall–Kier alpha value is -1.63. The molecule has 0 spiro atoms. The molecule has 1 aliphatic rings. The fourth-order valence-electron chi connectivity index (χ4n) is 2.07. The zero-order chi connectivity index (χ0) is 14.7. The van der Waals surface area contributed by atoms with Crippen LogP contribution in [0.1, 0.15) is 27.2 Å². The molecular formula is C12H20N2O5. The molecule has 0 aliphatic carbocycles. The van der Waals surface area contributed by atoms with E-state index < -0.39 is 29.9 Å². The van der Waals surface area contributed by atoms with Crippen molar-refractivity contribution in [1.29, 1.82) is 0 Å². The standard InChI is InChI=1S/C12H20N2O5/c1-6(2)14-5-8(4-9(14)16)11(17)13-10(7(3)15)12(18)19/h6-8,10,15H,4-5H2,1-3H3,(H,13,17)(H,18,19). The predicted molar refractivity (Wildman–Crippen MR) is 66.2 cm³/mol. The highest BCUT2D eigenvalue weighted by molar-refractivity contribution is 5.91. The molecule has 3 N–H and O–H groups in total. The minimum Gasteiger partial charge on any atom is -0.480 e. The minimum atomic E-state index is -1.35. The van der Waals surface area contributed by atoms with Crippen LogP contribution in [0.15, 0.2) is 0 Å². The summed E-state index contributed by atoms with van der Waals surface area (Å²) in [7, 11) is 0. The molecule has 1 aliphatic heterocycles. The number of amides is 2. The maximum absolute atomic E-state index is 11.9. The second-order valence-electron chi connectivity index (χ2n) is 5.11. The molecule has 1 fully saturated rings. The topological polar surface area (TPSA) is 107 Å². The van der Waals surface area contributed by atoms with Gasteiger partial charge in [-0.2, -0.15) is 0 Å². The quantitative estimate of drug-likeness (QED) is 0.607. The number of carboxylic acid groups (broad SMARTS) is 1. The van der Waals surface area contributed by atoms with Crippen molar-refractivity contribution in [1.82, 2.24) is 10.2 Å². The first-order valence-corrected chi connectivity index (χ1v) is 6.24. The van der Waals surface area contributed by atoms with Crippen LogP contribution >= 0.6 is 0 Å². The highest BCUT2D eigenvalue weighted by Crippen LogP contribution is 2.20. The highest BCUT2D eigenvalue weighted by Gasteiger charge is 2.37. The third-order valence-electron chi connectivity index (χ3n) is 3.20. The minimum absolute atomic E-state index is 0.0114. The van der Waals surface area contributed by atoms with Gasteiger partial charge in [0, 0.05) is 19.0 Å². The lowest BCUT2D eigenvalue weighted by Crippen LogP contribution is -2.49. The van der Waals surface area contributed by atoms with Crippen molar-refractivity contribution in [2.45, 2.75) is 45.4 Å². The number of nitrogens with zero attached hydrogens (tertiary/aromatic N) is 1. The number of nitrogens with one attached hydrogen (secondary N) is 1. The third-order valence-corrected chi connectivity index (χ3v) is 3.20. The molecule has 0 aromatic heterocycles. The zero-order valence-corrected chi connectivity index (χ0v) is 11.3. The van der Waals surface area contributed by atoms with Gasteiger partial charge in [-0.3, -0.25) is 9.59 Å². The van der Waals surface area contributed by atoms with Crippen molar-refractivity contribution >= 4 is 17.8 Å². The monoisotopic (exact) mass is 272 g/mol. The number of hydrogen-bond donors (Lipinski definition) is 3. The first-order chi connectivity index (χ1) is 8.73. The van der Waals surface area contributed by atoms with Gasteiger partial charge in [0.15, 0.2) is 6.04 Å². The van der Waals surface area contributed by atoms with Gasteiger partial charge in [-0.05, 0) is 20.8 Å². The van der Waals surface area contributed by atoms with Crippen LogP contribution in [-0.4, -0.2) is 57.6 Å². The Morgan fingerprint density at radius 1 is 1.37 bits per heavy atom. The average molecular weight is 272 g/mol. The summed E-state index contributed by atoms with van der Waals surface area (Å²) in [5.74, 6) is -2.48. The van der Waals surface area contributed by atoms with E-state index in [4.69, 9.17) is 5.11 Å². The number of aliphatic carboxylic acids is 1. The van der Waals surface area contributed by atoms with E-state index in [0.717, 1.165) is 0 Å². The number of rotatable bonds is 5. The normalized spacial score (nSPS) is 22.5. The summed E-state index contributed by atoms with van der Waals surface area (Å²) in [6.07, 6.45) is -1.12. The largest absolute Gasteiger partial charge is 0.480 e. The average Bonchev–Trinajstić information content (AvgIpc) is 2.67. The van der Waals surface area contributed by atoms with Crippen LogP contribution in [-0.2, 0) is 14.4 Å². The van der Waals surface area contributed by atoms with Crippen molar-refractivity contribution in [3.8, 4) is 0 Å². The summed E-state index contributed by atoms with van der Waals surface area (Å²) in [5, 5.41) is 20.4. The summed E-state index contributed by atoms with van der Waals surface area (Å²) in [4.78, 5) is 36.0. The summed E-state index contributed by atoms with van der Waals surface area (Å²) in [6.45, 7) is 5.29. The first-order valence-electron chi connectivity index (χ1n) is 6.24. The summed E-state index contributed by atoms with van der Waals surface area (Å²) in [6, 6.07) is -1.34. The van der Waals surface area contributed by atoms with Gasteiger partial charge in [0.05, 0.1) is 12.0 Å². The van der Waals surface area contributed by atoms with Gasteiger partial charge < -0.3 is 20.4 Å². The highest BCUT2D eigenvalue weighted by atomic mass is 16.4. The second kappa shape index (κ2) is 6.01. The molecule has 7 nitrogen and oxygen atoms in total. The lowest BCUT2D eigenvalue weighted by molar-refractivity contribution is -0.145. The molecule has 3 atom stereocenters. The number of aliphatic hydroxyl groups excluding tert-OH is 1. The Balaban J connectivity index is 2.65. The van der Waals surface area contributed by atoms with Crippen LogP contribution in [0.5, 0.6) is 0 Å². The number of carbonyl (C=O) groups excluding carboxylic acids is 2. The smallest absolute Gasteiger partial charge is 0.328 e. The van der Waals surface area contributed by atoms with Crippen LogP contribution in [0.2, 0.25) is 0 Å². The predicted octanol–water partition coefficient (Wildman–Crippen LogP) is -0.806. The second-order valence-corrected chi connectivity index (χ2v) is 5.11. The molecule has 0 bridgehead atoms. The van der Waals surface area contributed by atoms with Crippen molar-refractivity contribution in [2.75, 3.05) is 6.54 Å². The zero-order valence-electron chi connectivity index (χ0n) is 11.3. The van der Waals surface area contributed by atoms with Crippen LogP contribution in [0.25, 0.3) is 0 Å². The molecule has 2 amide bonds. The molecule has 1 heterocycles. The van der Waals surface area contributed by atoms with E-state index in [2.05, 4.69) is 5.32 Å². The van der Waals surface area contributed by atoms with E-state index in [9.17, 15) is 19.5 Å². The molecule has 0 saturated carbocycles. The van der Waals surface area contributed by atoms with Gasteiger partial charge in [-0.15, -0.1) is 0 Å². The Kier molecular flexibility index (Phi) is 4.88. The fourth-order valence-corrected chi connectivity index (χ4v) is 2.07. The van der Waals surface area contributed by atoms with Gasteiger partial charge in [0.25, 0.3) is 0 Å². The van der Waals surface area contributed by atoms with Crippen LogP contribution in [0.3, 0.4) is 0 Å². The number of aliphatic hydroxyl groups is 1. The van der Waals surface area contributed by atoms with Gasteiger partial charge in [-0.1, -0.05) is 0 Å². The SMILES string of the molecule is CC(O)C(NC(=O)C1CC(=O)N(C(C)C)C1)C(=O)O. The summed E-state index contributed by atoms with van der Waals surface area (Å²) in [5.41, 5.74) is 0. The van der Waals surface area contributed by atoms with Gasteiger partial charge in [-0.25, -0.2) is 4.79 Å². The summed E-state index contributed by atoms with van der Waals surface area (Å²) >= 11 is 0. The maximum Gasteiger partial charge on any atom is 0.328 e. The van der Waals surface area contributed by atoms with Crippen LogP contribution < -0.4 is 5.32 Å². The molecule has 1 rings (SSSR count). The lowest BCUT2D eigenvalue weighted by atomic mass is 10.1. The van der Waals surface area contributed by atoms with E-state index in [1.165, 1.54) is 6.92 Å². The third kappa shape index (κ3) is 3.66. The van der Waals surface area contributed by atoms with E-state index in [1.807, 2.05) is 13.8 Å². The van der Waals surface area contributed by atoms with E-state index in [1.54, 1.807) is 4.90 Å². The van der Waals surface area contributed by atoms with Crippen molar-refractivity contribution < 1.29 is 24.6 Å². The molecule has 0 radical (unpaired) electrons. The molecule has 1 saturated heterocycles. The molecule has 7 heteroatoms. The fraction of sp³-hybridized carbons (Fsp3) is 0.750. The van der Waals surface area contributed by atoms with Crippen molar-refractivity contribution in [3.05, 3.63) is 0 Å². The number of hydrogen-bond acceptors (Lipinski definition) is 4. The van der Waals surface area contributed by atoms with Crippen LogP contribution in [0, 0.1) is 5.92 Å². The van der Waals surface area contributed by atoms with E-state index in [0.29, 0.717) is 0 Å². The Labute approximate surface area is 111 Å². The molecule has 0 aromatic carbocycles. The lowest BCUT2D eigenvalue weighted by Gasteiger charge is -2.22. The van der Waals surface area contributed by atoms with Gasteiger partial charge >= 0.3 is 5.97 Å². The molecule has 0 aromatic rings. The molecule has 19 heavy (non-hydrogen) atoms. The molecule has 3 unspecified atom stereocenters. The van der Waals surface area contributed by atoms with Gasteiger partial charge in [0.1, 0.15) is 0 Å². The summed E-state index contributed by atoms with van der Waals surface area (Å²) < 4.78 is 0. The Bertz CT molecular complexity index is 380. The number of carboxylic acids is 1. The van der Waals surface area contributed by atoms with E-state index in [-0.39, 0.29) is 24.9 Å². The van der Waals surface area contributed by atoms with E-state index >= 15 is 0 Å². The van der Waals surface area contributed by atoms with Crippen molar-refractivity contribution in [2.24, 2.45) is 5.92 Å². The number of carbonyl (C=O) groups is 3. The Morgan fingerprint density at radius 3 is 2.32 bits per heavy atom. The molecular weight excluding hydrogens is 252 g/mol. The Morgan fingerprint density at radius 2 is 1.95 bits per heavy atom. The van der Waals surface area contributed by atoms with Crippen molar-refractivity contribution in [3.63, 3.8) is 0 Å². The maximum atomic E-state index is 11.9. The number of likely N-dealkylation sites (tertiary alicyclic amines) is 1. The van der Waals surface area contributed by atoms with Gasteiger partial charge in [0.2, 0.25) is 11.8 Å². The first kappa shape index (κ1) is 15.4.